The number of fused-ring (bicyclic) bond motifs is 5. The number of carbonyl (C=O) groups is 1. The van der Waals surface area contributed by atoms with Crippen molar-refractivity contribution >= 4 is 5.78 Å². The van der Waals surface area contributed by atoms with Gasteiger partial charge >= 0.3 is 0 Å². The molecule has 4 aliphatic carbocycles. The molecule has 0 aromatic heterocycles. The van der Waals surface area contributed by atoms with Crippen molar-refractivity contribution in [2.75, 3.05) is 0 Å². The SMILES string of the molecule is CC[C@H]1[C@@H](O)[C@@H]2[C@H](CC[C@]3(C)C([C@H](C)CCCC(=O)CC(C)C)CC[C@@H]23)[C@@]2(C)CC[C@@H](O)C[C@@H]12. The third-order valence-electron chi connectivity index (χ3n) is 11.9. The first-order valence-electron chi connectivity index (χ1n) is 14.9. The average Bonchev–Trinajstić information content (AvgIpc) is 3.12. The zero-order valence-electron chi connectivity index (χ0n) is 23.1. The summed E-state index contributed by atoms with van der Waals surface area (Å²) in [5.41, 5.74) is 0.616. The lowest BCUT2D eigenvalue weighted by Gasteiger charge is -2.64. The van der Waals surface area contributed by atoms with Gasteiger partial charge in [0.1, 0.15) is 5.78 Å². The van der Waals surface area contributed by atoms with Crippen molar-refractivity contribution in [1.82, 2.24) is 0 Å². The summed E-state index contributed by atoms with van der Waals surface area (Å²) in [6, 6.07) is 0. The molecule has 0 aromatic rings. The quantitative estimate of drug-likeness (QED) is 0.397. The number of hydrogen-bond acceptors (Lipinski definition) is 3. The van der Waals surface area contributed by atoms with Gasteiger partial charge in [-0.3, -0.25) is 4.79 Å². The highest BCUT2D eigenvalue weighted by molar-refractivity contribution is 5.78. The molecule has 196 valence electrons. The fraction of sp³-hybridized carbons (Fsp3) is 0.968. The molecule has 0 aliphatic heterocycles. The maximum absolute atomic E-state index is 12.2. The Hall–Kier alpha value is -0.410. The summed E-state index contributed by atoms with van der Waals surface area (Å²) < 4.78 is 0. The first kappa shape index (κ1) is 26.6. The molecule has 0 radical (unpaired) electrons. The van der Waals surface area contributed by atoms with Crippen LogP contribution in [0.1, 0.15) is 119 Å². The Bertz CT molecular complexity index is 717. The summed E-state index contributed by atoms with van der Waals surface area (Å²) in [5.74, 6) is 4.79. The van der Waals surface area contributed by atoms with E-state index >= 15 is 0 Å². The van der Waals surface area contributed by atoms with Crippen LogP contribution in [0, 0.1) is 58.2 Å². The van der Waals surface area contributed by atoms with Crippen molar-refractivity contribution in [3.8, 4) is 0 Å². The summed E-state index contributed by atoms with van der Waals surface area (Å²) in [6.45, 7) is 14.1. The van der Waals surface area contributed by atoms with E-state index in [-0.39, 0.29) is 17.6 Å². The topological polar surface area (TPSA) is 57.5 Å². The van der Waals surface area contributed by atoms with Gasteiger partial charge in [0.05, 0.1) is 12.2 Å². The Morgan fingerprint density at radius 3 is 2.29 bits per heavy atom. The van der Waals surface area contributed by atoms with Crippen molar-refractivity contribution in [2.24, 2.45) is 58.2 Å². The van der Waals surface area contributed by atoms with Crippen molar-refractivity contribution in [3.05, 3.63) is 0 Å². The van der Waals surface area contributed by atoms with Gasteiger partial charge in [-0.1, -0.05) is 54.4 Å². The van der Waals surface area contributed by atoms with Gasteiger partial charge in [-0.05, 0) is 110 Å². The maximum atomic E-state index is 12.2. The Morgan fingerprint density at radius 1 is 0.941 bits per heavy atom. The lowest BCUT2D eigenvalue weighted by molar-refractivity contribution is -0.203. The van der Waals surface area contributed by atoms with Crippen molar-refractivity contribution in [3.63, 3.8) is 0 Å². The molecule has 0 bridgehead atoms. The number of aliphatic hydroxyl groups excluding tert-OH is 2. The fourth-order valence-electron chi connectivity index (χ4n) is 10.3. The van der Waals surface area contributed by atoms with Gasteiger partial charge in [0, 0.05) is 12.8 Å². The fourth-order valence-corrected chi connectivity index (χ4v) is 10.3. The molecule has 4 fully saturated rings. The monoisotopic (exact) mass is 474 g/mol. The molecule has 0 saturated heterocycles. The molecule has 1 unspecified atom stereocenters. The number of rotatable bonds is 8. The van der Waals surface area contributed by atoms with Crippen LogP contribution in [0.15, 0.2) is 0 Å². The third-order valence-corrected chi connectivity index (χ3v) is 11.9. The first-order chi connectivity index (χ1) is 16.0. The molecule has 3 heteroatoms. The summed E-state index contributed by atoms with van der Waals surface area (Å²) in [4.78, 5) is 12.2. The molecule has 11 atom stereocenters. The zero-order chi connectivity index (χ0) is 24.8. The predicted molar refractivity (Wildman–Crippen MR) is 139 cm³/mol. The van der Waals surface area contributed by atoms with Crippen LogP contribution >= 0.6 is 0 Å². The lowest BCUT2D eigenvalue weighted by Crippen LogP contribution is -2.62. The van der Waals surface area contributed by atoms with Crippen LogP contribution in [-0.2, 0) is 4.79 Å². The molecule has 34 heavy (non-hydrogen) atoms. The predicted octanol–water partition coefficient (Wildman–Crippen LogP) is 7.03. The number of carbonyl (C=O) groups excluding carboxylic acids is 1. The number of aliphatic hydroxyl groups is 2. The highest BCUT2D eigenvalue weighted by Gasteiger charge is 2.64. The molecular formula is C31H54O3. The Labute approximate surface area is 209 Å². The Morgan fingerprint density at radius 2 is 1.62 bits per heavy atom. The van der Waals surface area contributed by atoms with Gasteiger partial charge in [-0.25, -0.2) is 0 Å². The van der Waals surface area contributed by atoms with Crippen LogP contribution in [0.4, 0.5) is 0 Å². The summed E-state index contributed by atoms with van der Waals surface area (Å²) >= 11 is 0. The number of hydrogen-bond donors (Lipinski definition) is 2. The van der Waals surface area contributed by atoms with Crippen molar-refractivity contribution in [1.29, 1.82) is 0 Å². The van der Waals surface area contributed by atoms with Crippen LogP contribution < -0.4 is 0 Å². The number of Topliss-reactive ketones (excluding diaryl/α,β-unsaturated/α-hetero) is 1. The van der Waals surface area contributed by atoms with E-state index in [1.807, 2.05) is 0 Å². The average molecular weight is 475 g/mol. The normalized spacial score (nSPS) is 47.1. The van der Waals surface area contributed by atoms with Crippen LogP contribution in [0.2, 0.25) is 0 Å². The molecular weight excluding hydrogens is 420 g/mol. The molecule has 4 rings (SSSR count). The lowest BCUT2D eigenvalue weighted by atomic mass is 9.41. The second kappa shape index (κ2) is 10.2. The standard InChI is InChI=1S/C31H54O3/c1-7-23-27-18-22(33)13-15-31(27,6)26-14-16-30(5)24(11-12-25(30)28(26)29(23)34)20(4)9-8-10-21(32)17-19(2)3/h19-20,22-29,33-34H,7-18H2,1-6H3/t20-,22-,23-,24?,25+,26+,27+,28+,29-,30-,31-/m1/s1. The second-order valence-corrected chi connectivity index (χ2v) is 14.1. The first-order valence-corrected chi connectivity index (χ1v) is 14.9. The van der Waals surface area contributed by atoms with Gasteiger partial charge < -0.3 is 10.2 Å². The highest BCUT2D eigenvalue weighted by atomic mass is 16.3. The van der Waals surface area contributed by atoms with Crippen LogP contribution in [0.5, 0.6) is 0 Å². The smallest absolute Gasteiger partial charge is 0.133 e. The van der Waals surface area contributed by atoms with Crippen molar-refractivity contribution < 1.29 is 15.0 Å². The van der Waals surface area contributed by atoms with Crippen LogP contribution in [0.25, 0.3) is 0 Å². The molecule has 4 aliphatic rings. The van der Waals surface area contributed by atoms with Gasteiger partial charge in [0.2, 0.25) is 0 Å². The molecule has 0 aromatic carbocycles. The van der Waals surface area contributed by atoms with E-state index in [4.69, 9.17) is 0 Å². The maximum Gasteiger partial charge on any atom is 0.133 e. The van der Waals surface area contributed by atoms with Crippen LogP contribution in [0.3, 0.4) is 0 Å². The third kappa shape index (κ3) is 4.55. The molecule has 2 N–H and O–H groups in total. The summed E-state index contributed by atoms with van der Waals surface area (Å²) in [6.07, 6.45) is 12.5. The van der Waals surface area contributed by atoms with Gasteiger partial charge in [0.25, 0.3) is 0 Å². The van der Waals surface area contributed by atoms with Gasteiger partial charge in [0.15, 0.2) is 0 Å². The van der Waals surface area contributed by atoms with Gasteiger partial charge in [-0.15, -0.1) is 0 Å². The highest BCUT2D eigenvalue weighted by Crippen LogP contribution is 2.69. The summed E-state index contributed by atoms with van der Waals surface area (Å²) in [5, 5.41) is 22.3. The Balaban J connectivity index is 1.48. The van der Waals surface area contributed by atoms with E-state index in [1.165, 1.54) is 32.1 Å². The molecule has 0 spiro atoms. The summed E-state index contributed by atoms with van der Waals surface area (Å²) in [7, 11) is 0. The van der Waals surface area contributed by atoms with E-state index < -0.39 is 0 Å². The molecule has 0 heterocycles. The van der Waals surface area contributed by atoms with E-state index in [9.17, 15) is 15.0 Å². The number of ketones is 1. The molecule has 4 saturated carbocycles. The minimum atomic E-state index is -0.203. The van der Waals surface area contributed by atoms with Crippen LogP contribution in [-0.4, -0.2) is 28.2 Å². The molecule has 3 nitrogen and oxygen atoms in total. The van der Waals surface area contributed by atoms with Gasteiger partial charge in [-0.2, -0.15) is 0 Å². The van der Waals surface area contributed by atoms with Crippen molar-refractivity contribution in [2.45, 2.75) is 131 Å². The second-order valence-electron chi connectivity index (χ2n) is 14.1. The zero-order valence-corrected chi connectivity index (χ0v) is 23.1. The largest absolute Gasteiger partial charge is 0.393 e. The minimum absolute atomic E-state index is 0.172. The minimum Gasteiger partial charge on any atom is -0.393 e. The van der Waals surface area contributed by atoms with E-state index in [0.717, 1.165) is 50.9 Å². The van der Waals surface area contributed by atoms with E-state index in [1.54, 1.807) is 0 Å². The molecule has 0 amide bonds. The van der Waals surface area contributed by atoms with E-state index in [2.05, 4.69) is 41.5 Å². The van der Waals surface area contributed by atoms with E-state index in [0.29, 0.717) is 52.6 Å². The Kier molecular flexibility index (Phi) is 7.96.